The summed E-state index contributed by atoms with van der Waals surface area (Å²) < 4.78 is 5.22. The van der Waals surface area contributed by atoms with Crippen molar-refractivity contribution >= 4 is 52.2 Å². The van der Waals surface area contributed by atoms with Gasteiger partial charge in [-0.2, -0.15) is 0 Å². The van der Waals surface area contributed by atoms with Crippen molar-refractivity contribution in [1.82, 2.24) is 4.90 Å². The highest BCUT2D eigenvalue weighted by atomic mass is 35.5. The van der Waals surface area contributed by atoms with Gasteiger partial charge in [-0.05, 0) is 99.1 Å². The lowest BCUT2D eigenvalue weighted by Crippen LogP contribution is -2.43. The third-order valence-corrected chi connectivity index (χ3v) is 7.46. The maximum Gasteiger partial charge on any atom is 0.338 e. The van der Waals surface area contributed by atoms with Gasteiger partial charge in [-0.1, -0.05) is 31.4 Å². The number of nitrogens with zero attached hydrogens (tertiary/aromatic N) is 3. The number of hydrogen-bond acceptors (Lipinski definition) is 6. The molecule has 2 aliphatic heterocycles. The van der Waals surface area contributed by atoms with E-state index in [9.17, 15) is 14.4 Å². The average Bonchev–Trinajstić information content (AvgIpc) is 3.23. The van der Waals surface area contributed by atoms with E-state index in [4.69, 9.17) is 16.3 Å². The Morgan fingerprint density at radius 1 is 0.951 bits per heavy atom. The van der Waals surface area contributed by atoms with Gasteiger partial charge in [0.2, 0.25) is 0 Å². The standard InChI is InChI=1S/C32H33ClN4O4/c1-2-3-19-41-32(40)23-9-14-26(15-10-23)35-30(38)22-7-12-25(13-8-22)34-29-27-20-24(33)11-16-28(27)37(31(29)39)21-36-17-5-4-6-18-36/h7-16,20H,2-6,17-19,21H2,1H3,(H,35,38). The van der Waals surface area contributed by atoms with Crippen LogP contribution in [0, 0.1) is 0 Å². The van der Waals surface area contributed by atoms with Crippen molar-refractivity contribution in [1.29, 1.82) is 0 Å². The van der Waals surface area contributed by atoms with Gasteiger partial charge in [0, 0.05) is 21.8 Å². The molecular weight excluding hydrogens is 540 g/mol. The van der Waals surface area contributed by atoms with E-state index in [0.29, 0.717) is 52.1 Å². The topological polar surface area (TPSA) is 91.3 Å². The first-order valence-corrected chi connectivity index (χ1v) is 14.4. The summed E-state index contributed by atoms with van der Waals surface area (Å²) in [5, 5.41) is 3.37. The Morgan fingerprint density at radius 3 is 2.37 bits per heavy atom. The predicted octanol–water partition coefficient (Wildman–Crippen LogP) is 6.46. The summed E-state index contributed by atoms with van der Waals surface area (Å²) in [5.41, 5.74) is 3.83. The second-order valence-corrected chi connectivity index (χ2v) is 10.7. The average molecular weight is 573 g/mol. The number of fused-ring (bicyclic) bond motifs is 1. The van der Waals surface area contributed by atoms with E-state index in [0.717, 1.165) is 44.5 Å². The van der Waals surface area contributed by atoms with Gasteiger partial charge in [0.1, 0.15) is 5.71 Å². The fourth-order valence-electron chi connectivity index (χ4n) is 4.94. The molecule has 0 aromatic heterocycles. The number of hydrogen-bond donors (Lipinski definition) is 1. The number of aliphatic imine (C=N–C) groups is 1. The lowest BCUT2D eigenvalue weighted by Gasteiger charge is -2.30. The lowest BCUT2D eigenvalue weighted by molar-refractivity contribution is -0.112. The van der Waals surface area contributed by atoms with E-state index in [2.05, 4.69) is 15.2 Å². The number of esters is 1. The number of halogens is 1. The monoisotopic (exact) mass is 572 g/mol. The number of likely N-dealkylation sites (tertiary alicyclic amines) is 1. The van der Waals surface area contributed by atoms with Crippen LogP contribution < -0.4 is 10.2 Å². The summed E-state index contributed by atoms with van der Waals surface area (Å²) in [5.74, 6) is -0.842. The lowest BCUT2D eigenvalue weighted by atomic mass is 10.1. The van der Waals surface area contributed by atoms with Crippen LogP contribution in [0.3, 0.4) is 0 Å². The van der Waals surface area contributed by atoms with E-state index >= 15 is 0 Å². The Labute approximate surface area is 245 Å². The molecule has 0 spiro atoms. The molecule has 8 nitrogen and oxygen atoms in total. The van der Waals surface area contributed by atoms with E-state index < -0.39 is 0 Å². The van der Waals surface area contributed by atoms with Crippen LogP contribution in [-0.4, -0.2) is 54.8 Å². The molecule has 2 aliphatic rings. The molecule has 1 N–H and O–H groups in total. The normalized spacial score (nSPS) is 16.1. The van der Waals surface area contributed by atoms with Crippen molar-refractivity contribution in [2.45, 2.75) is 39.0 Å². The Balaban J connectivity index is 1.27. The maximum absolute atomic E-state index is 13.5. The molecule has 1 saturated heterocycles. The summed E-state index contributed by atoms with van der Waals surface area (Å²) >= 11 is 6.29. The zero-order chi connectivity index (χ0) is 28.8. The highest BCUT2D eigenvalue weighted by Crippen LogP contribution is 2.33. The number of benzene rings is 3. The van der Waals surface area contributed by atoms with E-state index in [1.165, 1.54) is 6.42 Å². The fourth-order valence-corrected chi connectivity index (χ4v) is 5.11. The highest BCUT2D eigenvalue weighted by Gasteiger charge is 2.35. The molecule has 3 aromatic rings. The molecule has 41 heavy (non-hydrogen) atoms. The van der Waals surface area contributed by atoms with Crippen molar-refractivity contribution in [2.75, 3.05) is 36.6 Å². The fraction of sp³-hybridized carbons (Fsp3) is 0.312. The summed E-state index contributed by atoms with van der Waals surface area (Å²) in [4.78, 5) is 47.2. The molecule has 1 fully saturated rings. The first kappa shape index (κ1) is 28.5. The quantitative estimate of drug-likeness (QED) is 0.235. The minimum absolute atomic E-state index is 0.160. The third-order valence-electron chi connectivity index (χ3n) is 7.22. The summed E-state index contributed by atoms with van der Waals surface area (Å²) in [6, 6.07) is 18.8. The molecule has 0 atom stereocenters. The summed E-state index contributed by atoms with van der Waals surface area (Å²) in [6.45, 7) is 4.88. The van der Waals surface area contributed by atoms with Gasteiger partial charge in [-0.25, -0.2) is 9.79 Å². The van der Waals surface area contributed by atoms with Crippen molar-refractivity contribution in [2.24, 2.45) is 4.99 Å². The zero-order valence-electron chi connectivity index (χ0n) is 23.1. The highest BCUT2D eigenvalue weighted by molar-refractivity contribution is 6.55. The van der Waals surface area contributed by atoms with Gasteiger partial charge in [0.25, 0.3) is 11.8 Å². The van der Waals surface area contributed by atoms with Crippen LogP contribution in [0.15, 0.2) is 71.7 Å². The van der Waals surface area contributed by atoms with Crippen LogP contribution in [0.5, 0.6) is 0 Å². The van der Waals surface area contributed by atoms with Crippen molar-refractivity contribution in [3.63, 3.8) is 0 Å². The number of amides is 2. The number of anilines is 2. The SMILES string of the molecule is CCCCOC(=O)c1ccc(NC(=O)c2ccc(N=C3C(=O)N(CN4CCCCC4)c4ccc(Cl)cc43)cc2)cc1. The van der Waals surface area contributed by atoms with Gasteiger partial charge in [-0.3, -0.25) is 19.4 Å². The molecule has 0 bridgehead atoms. The molecule has 0 unspecified atom stereocenters. The van der Waals surface area contributed by atoms with Crippen molar-refractivity contribution in [3.8, 4) is 0 Å². The smallest absolute Gasteiger partial charge is 0.338 e. The Kier molecular flexibility index (Phi) is 9.11. The summed E-state index contributed by atoms with van der Waals surface area (Å²) in [6.07, 6.45) is 5.26. The van der Waals surface area contributed by atoms with E-state index in [1.54, 1.807) is 65.6 Å². The van der Waals surface area contributed by atoms with Crippen LogP contribution in [0.2, 0.25) is 5.02 Å². The molecule has 0 radical (unpaired) electrons. The molecular formula is C32H33ClN4O4. The maximum atomic E-state index is 13.5. The molecule has 3 aromatic carbocycles. The van der Waals surface area contributed by atoms with E-state index in [-0.39, 0.29) is 17.8 Å². The van der Waals surface area contributed by atoms with Crippen LogP contribution in [-0.2, 0) is 9.53 Å². The second kappa shape index (κ2) is 13.1. The van der Waals surface area contributed by atoms with Crippen LogP contribution in [0.25, 0.3) is 0 Å². The minimum atomic E-state index is -0.381. The molecule has 2 amide bonds. The number of nitrogens with one attached hydrogen (secondary N) is 1. The number of carbonyl (C=O) groups is 3. The van der Waals surface area contributed by atoms with Gasteiger partial charge < -0.3 is 10.1 Å². The first-order chi connectivity index (χ1) is 19.9. The van der Waals surface area contributed by atoms with Gasteiger partial charge >= 0.3 is 5.97 Å². The molecule has 0 saturated carbocycles. The predicted molar refractivity (Wildman–Crippen MR) is 161 cm³/mol. The minimum Gasteiger partial charge on any atom is -0.462 e. The van der Waals surface area contributed by atoms with Crippen LogP contribution in [0.1, 0.15) is 65.3 Å². The Hall–Kier alpha value is -4.01. The number of carbonyl (C=O) groups excluding carboxylic acids is 3. The second-order valence-electron chi connectivity index (χ2n) is 10.2. The van der Waals surface area contributed by atoms with Crippen LogP contribution in [0.4, 0.5) is 17.1 Å². The van der Waals surface area contributed by atoms with Crippen molar-refractivity contribution in [3.05, 3.63) is 88.4 Å². The van der Waals surface area contributed by atoms with Crippen LogP contribution >= 0.6 is 11.6 Å². The van der Waals surface area contributed by atoms with Gasteiger partial charge in [0.05, 0.1) is 30.2 Å². The number of rotatable bonds is 9. The van der Waals surface area contributed by atoms with Crippen molar-refractivity contribution < 1.29 is 19.1 Å². The van der Waals surface area contributed by atoms with E-state index in [1.807, 2.05) is 13.0 Å². The molecule has 2 heterocycles. The third kappa shape index (κ3) is 6.84. The number of unbranched alkanes of at least 4 members (excludes halogenated alkanes) is 1. The largest absolute Gasteiger partial charge is 0.462 e. The first-order valence-electron chi connectivity index (χ1n) is 14.0. The van der Waals surface area contributed by atoms with Gasteiger partial charge in [-0.15, -0.1) is 0 Å². The Bertz CT molecular complexity index is 1450. The molecule has 212 valence electrons. The molecule has 5 rings (SSSR count). The summed E-state index contributed by atoms with van der Waals surface area (Å²) in [7, 11) is 0. The molecule has 9 heteroatoms. The molecule has 0 aliphatic carbocycles. The Morgan fingerprint density at radius 2 is 1.66 bits per heavy atom. The van der Waals surface area contributed by atoms with Gasteiger partial charge in [0.15, 0.2) is 0 Å². The number of ether oxygens (including phenoxy) is 1. The zero-order valence-corrected chi connectivity index (χ0v) is 23.8. The number of piperidine rings is 1.